The van der Waals surface area contributed by atoms with Crippen LogP contribution in [0.15, 0.2) is 21.9 Å². The van der Waals surface area contributed by atoms with Crippen molar-refractivity contribution in [3.05, 3.63) is 40.6 Å². The number of hydrogen-bond acceptors (Lipinski definition) is 6. The Hall–Kier alpha value is -1.99. The third kappa shape index (κ3) is 3.07. The second kappa shape index (κ2) is 5.90. The van der Waals surface area contributed by atoms with Crippen molar-refractivity contribution < 1.29 is 4.42 Å². The molecule has 120 valence electrons. The fraction of sp³-hybridized carbons (Fsp3) is 0.438. The number of aromatic nitrogens is 4. The Labute approximate surface area is 138 Å². The molecule has 1 aliphatic heterocycles. The van der Waals surface area contributed by atoms with E-state index >= 15 is 0 Å². The van der Waals surface area contributed by atoms with Gasteiger partial charge < -0.3 is 9.73 Å². The summed E-state index contributed by atoms with van der Waals surface area (Å²) in [5.41, 5.74) is 1.06. The summed E-state index contributed by atoms with van der Waals surface area (Å²) in [6.07, 6.45) is 2.07. The van der Waals surface area contributed by atoms with Crippen molar-refractivity contribution in [1.29, 1.82) is 0 Å². The van der Waals surface area contributed by atoms with E-state index in [0.29, 0.717) is 6.04 Å². The maximum Gasteiger partial charge on any atom is 0.162 e. The highest BCUT2D eigenvalue weighted by Gasteiger charge is 2.20. The quantitative estimate of drug-likeness (QED) is 0.797. The van der Waals surface area contributed by atoms with Gasteiger partial charge >= 0.3 is 0 Å². The largest absolute Gasteiger partial charge is 0.459 e. The third-order valence-corrected chi connectivity index (χ3v) is 4.94. The monoisotopic (exact) mass is 329 g/mol. The molecule has 1 aliphatic rings. The van der Waals surface area contributed by atoms with Crippen molar-refractivity contribution in [3.63, 3.8) is 0 Å². The smallest absolute Gasteiger partial charge is 0.162 e. The lowest BCUT2D eigenvalue weighted by Gasteiger charge is -2.23. The Kier molecular flexibility index (Phi) is 3.74. The molecule has 3 aromatic rings. The van der Waals surface area contributed by atoms with E-state index in [1.54, 1.807) is 11.3 Å². The minimum Gasteiger partial charge on any atom is -0.459 e. The molecule has 0 radical (unpaired) electrons. The first-order valence-electron chi connectivity index (χ1n) is 7.82. The standard InChI is InChI=1S/C16H19N5OS/c1-10-3-5-14(22-10)16-19-13(9-23-16)7-17-12-4-6-15-18-11(2)20-21(15)8-12/h3,5,9,12,17H,4,6-8H2,1-2H3. The van der Waals surface area contributed by atoms with Gasteiger partial charge in [-0.3, -0.25) is 0 Å². The van der Waals surface area contributed by atoms with E-state index in [0.717, 1.165) is 59.8 Å². The van der Waals surface area contributed by atoms with E-state index in [1.165, 1.54) is 0 Å². The molecule has 0 spiro atoms. The summed E-state index contributed by atoms with van der Waals surface area (Å²) in [6.45, 7) is 5.54. The van der Waals surface area contributed by atoms with Crippen molar-refractivity contribution >= 4 is 11.3 Å². The molecule has 4 heterocycles. The van der Waals surface area contributed by atoms with Crippen LogP contribution in [-0.2, 0) is 19.5 Å². The number of nitrogens with zero attached hydrogens (tertiary/aromatic N) is 4. The summed E-state index contributed by atoms with van der Waals surface area (Å²) in [5.74, 6) is 3.72. The molecule has 23 heavy (non-hydrogen) atoms. The van der Waals surface area contributed by atoms with Crippen LogP contribution in [0.3, 0.4) is 0 Å². The molecule has 0 saturated carbocycles. The van der Waals surface area contributed by atoms with Gasteiger partial charge in [0.15, 0.2) is 10.8 Å². The van der Waals surface area contributed by atoms with Crippen LogP contribution in [0.2, 0.25) is 0 Å². The molecule has 0 fully saturated rings. The molecular formula is C16H19N5OS. The molecule has 0 bridgehead atoms. The number of hydrogen-bond donors (Lipinski definition) is 1. The highest BCUT2D eigenvalue weighted by Crippen LogP contribution is 2.25. The van der Waals surface area contributed by atoms with Gasteiger partial charge in [-0.25, -0.2) is 14.6 Å². The lowest BCUT2D eigenvalue weighted by molar-refractivity contribution is 0.356. The van der Waals surface area contributed by atoms with Gasteiger partial charge in [-0.15, -0.1) is 11.3 Å². The number of fused-ring (bicyclic) bond motifs is 1. The minimum atomic E-state index is 0.416. The Balaban J connectivity index is 1.37. The highest BCUT2D eigenvalue weighted by molar-refractivity contribution is 7.13. The molecular weight excluding hydrogens is 310 g/mol. The van der Waals surface area contributed by atoms with Crippen LogP contribution in [0.1, 0.15) is 29.5 Å². The number of aryl methyl sites for hydroxylation is 3. The summed E-state index contributed by atoms with van der Waals surface area (Å²) in [6, 6.07) is 4.36. The van der Waals surface area contributed by atoms with Gasteiger partial charge in [0, 0.05) is 24.4 Å². The molecule has 1 atom stereocenters. The van der Waals surface area contributed by atoms with E-state index in [2.05, 4.69) is 25.8 Å². The maximum absolute atomic E-state index is 5.63. The molecule has 7 heteroatoms. The minimum absolute atomic E-state index is 0.416. The van der Waals surface area contributed by atoms with E-state index in [9.17, 15) is 0 Å². The second-order valence-corrected chi connectivity index (χ2v) is 6.79. The van der Waals surface area contributed by atoms with Crippen molar-refractivity contribution in [2.75, 3.05) is 0 Å². The van der Waals surface area contributed by atoms with Crippen LogP contribution < -0.4 is 5.32 Å². The molecule has 6 nitrogen and oxygen atoms in total. The van der Waals surface area contributed by atoms with Crippen LogP contribution in [0, 0.1) is 13.8 Å². The highest BCUT2D eigenvalue weighted by atomic mass is 32.1. The number of thiazole rings is 1. The van der Waals surface area contributed by atoms with Crippen molar-refractivity contribution in [2.24, 2.45) is 0 Å². The first-order valence-corrected chi connectivity index (χ1v) is 8.70. The van der Waals surface area contributed by atoms with Crippen LogP contribution >= 0.6 is 11.3 Å². The van der Waals surface area contributed by atoms with E-state index in [-0.39, 0.29) is 0 Å². The zero-order chi connectivity index (χ0) is 15.8. The van der Waals surface area contributed by atoms with Crippen LogP contribution in [0.5, 0.6) is 0 Å². The number of furan rings is 1. The average molecular weight is 329 g/mol. The van der Waals surface area contributed by atoms with Gasteiger partial charge in [-0.1, -0.05) is 0 Å². The molecule has 4 rings (SSSR count). The van der Waals surface area contributed by atoms with Gasteiger partial charge in [0.05, 0.1) is 12.2 Å². The van der Waals surface area contributed by atoms with Crippen LogP contribution in [-0.4, -0.2) is 25.8 Å². The third-order valence-electron chi connectivity index (χ3n) is 4.04. The summed E-state index contributed by atoms with van der Waals surface area (Å²) >= 11 is 1.62. The first kappa shape index (κ1) is 14.6. The second-order valence-electron chi connectivity index (χ2n) is 5.93. The van der Waals surface area contributed by atoms with Gasteiger partial charge in [0.1, 0.15) is 17.4 Å². The molecule has 1 N–H and O–H groups in total. The SMILES string of the molecule is Cc1nc2n(n1)CC(NCc1csc(-c3ccc(C)o3)n1)CC2. The van der Waals surface area contributed by atoms with E-state index < -0.39 is 0 Å². The fourth-order valence-corrected chi connectivity index (χ4v) is 3.68. The molecule has 3 aromatic heterocycles. The summed E-state index contributed by atoms with van der Waals surface area (Å²) in [7, 11) is 0. The zero-order valence-electron chi connectivity index (χ0n) is 13.2. The van der Waals surface area contributed by atoms with Gasteiger partial charge in [-0.2, -0.15) is 5.10 Å². The summed E-state index contributed by atoms with van der Waals surface area (Å²) < 4.78 is 7.65. The van der Waals surface area contributed by atoms with Crippen molar-refractivity contribution in [2.45, 2.75) is 45.8 Å². The summed E-state index contributed by atoms with van der Waals surface area (Å²) in [4.78, 5) is 9.10. The maximum atomic E-state index is 5.63. The molecule has 0 saturated heterocycles. The van der Waals surface area contributed by atoms with Crippen molar-refractivity contribution in [1.82, 2.24) is 25.1 Å². The zero-order valence-corrected chi connectivity index (χ0v) is 14.1. The van der Waals surface area contributed by atoms with Crippen LogP contribution in [0.25, 0.3) is 10.8 Å². The topological polar surface area (TPSA) is 68.8 Å². The normalized spacial score (nSPS) is 17.4. The number of rotatable bonds is 4. The fourth-order valence-electron chi connectivity index (χ4n) is 2.90. The summed E-state index contributed by atoms with van der Waals surface area (Å²) in [5, 5.41) is 11.1. The van der Waals surface area contributed by atoms with Crippen LogP contribution in [0.4, 0.5) is 0 Å². The Morgan fingerprint density at radius 2 is 2.26 bits per heavy atom. The van der Waals surface area contributed by atoms with Gasteiger partial charge in [0.25, 0.3) is 0 Å². The predicted octanol–water partition coefficient (Wildman–Crippen LogP) is 2.72. The van der Waals surface area contributed by atoms with Gasteiger partial charge in [0.2, 0.25) is 0 Å². The first-order chi connectivity index (χ1) is 11.2. The molecule has 0 amide bonds. The lowest BCUT2D eigenvalue weighted by atomic mass is 10.1. The average Bonchev–Trinajstić information content (AvgIpc) is 3.22. The predicted molar refractivity (Wildman–Crippen MR) is 88.3 cm³/mol. The van der Waals surface area contributed by atoms with E-state index in [1.807, 2.05) is 30.7 Å². The number of nitrogens with one attached hydrogen (secondary N) is 1. The lowest BCUT2D eigenvalue weighted by Crippen LogP contribution is -2.37. The molecule has 0 aliphatic carbocycles. The van der Waals surface area contributed by atoms with E-state index in [4.69, 9.17) is 4.42 Å². The molecule has 1 unspecified atom stereocenters. The Morgan fingerprint density at radius 1 is 1.35 bits per heavy atom. The van der Waals surface area contributed by atoms with Crippen molar-refractivity contribution in [3.8, 4) is 10.8 Å². The molecule has 0 aromatic carbocycles. The van der Waals surface area contributed by atoms with Gasteiger partial charge in [-0.05, 0) is 32.4 Å². The Morgan fingerprint density at radius 3 is 3.09 bits per heavy atom. The Bertz CT molecular complexity index is 818.